The summed E-state index contributed by atoms with van der Waals surface area (Å²) in [6.07, 6.45) is 1.77. The van der Waals surface area contributed by atoms with E-state index in [0.29, 0.717) is 11.3 Å². The maximum absolute atomic E-state index is 10.9. The third-order valence-corrected chi connectivity index (χ3v) is 4.53. The number of nitrogens with zero attached hydrogens (tertiary/aromatic N) is 1. The van der Waals surface area contributed by atoms with Crippen LogP contribution in [-0.4, -0.2) is 17.1 Å². The molecule has 1 saturated carbocycles. The highest BCUT2D eigenvalue weighted by atomic mass is 16.6. The number of nitrogens with two attached hydrogens (primary N) is 1. The minimum Gasteiger partial charge on any atom is -0.489 e. The fraction of sp³-hybridized carbons (Fsp3) is 0.571. The summed E-state index contributed by atoms with van der Waals surface area (Å²) < 4.78 is 5.96. The van der Waals surface area contributed by atoms with Gasteiger partial charge in [-0.05, 0) is 19.4 Å². The third kappa shape index (κ3) is 2.18. The first-order valence-corrected chi connectivity index (χ1v) is 6.56. The molecular weight excluding hydrogens is 244 g/mol. The van der Waals surface area contributed by atoms with Crippen LogP contribution in [0.15, 0.2) is 18.2 Å². The summed E-state index contributed by atoms with van der Waals surface area (Å²) in [6.45, 7) is 5.92. The molecule has 0 amide bonds. The average Bonchev–Trinajstić information content (AvgIpc) is 2.39. The van der Waals surface area contributed by atoms with Crippen molar-refractivity contribution in [2.24, 2.45) is 11.1 Å². The first-order chi connectivity index (χ1) is 8.90. The Labute approximate surface area is 112 Å². The van der Waals surface area contributed by atoms with E-state index in [0.717, 1.165) is 12.8 Å². The average molecular weight is 264 g/mol. The second-order valence-electron chi connectivity index (χ2n) is 5.47. The fourth-order valence-electron chi connectivity index (χ4n) is 2.60. The Morgan fingerprint density at radius 1 is 1.58 bits per heavy atom. The zero-order chi connectivity index (χ0) is 14.2. The highest BCUT2D eigenvalue weighted by Crippen LogP contribution is 2.45. The zero-order valence-electron chi connectivity index (χ0n) is 11.6. The molecule has 0 bridgehead atoms. The summed E-state index contributed by atoms with van der Waals surface area (Å²) in [7, 11) is 0. The number of hydrogen-bond acceptors (Lipinski definition) is 4. The van der Waals surface area contributed by atoms with Crippen molar-refractivity contribution in [3.8, 4) is 5.75 Å². The zero-order valence-corrected chi connectivity index (χ0v) is 11.6. The molecule has 0 saturated heterocycles. The number of rotatable bonds is 4. The van der Waals surface area contributed by atoms with E-state index in [1.54, 1.807) is 19.1 Å². The van der Waals surface area contributed by atoms with Crippen LogP contribution in [0.2, 0.25) is 0 Å². The Kier molecular flexibility index (Phi) is 3.49. The molecule has 3 atom stereocenters. The maximum Gasteiger partial charge on any atom is 0.276 e. The summed E-state index contributed by atoms with van der Waals surface area (Å²) in [5, 5.41) is 10.9. The summed E-state index contributed by atoms with van der Waals surface area (Å²) >= 11 is 0. The summed E-state index contributed by atoms with van der Waals surface area (Å²) in [5.74, 6) is 0.589. The number of benzene rings is 1. The van der Waals surface area contributed by atoms with Gasteiger partial charge in [0.25, 0.3) is 5.69 Å². The molecule has 1 fully saturated rings. The fourth-order valence-corrected chi connectivity index (χ4v) is 2.60. The first-order valence-electron chi connectivity index (χ1n) is 6.56. The molecule has 5 nitrogen and oxygen atoms in total. The lowest BCUT2D eigenvalue weighted by molar-refractivity contribution is -0.385. The highest BCUT2D eigenvalue weighted by Gasteiger charge is 2.50. The van der Waals surface area contributed by atoms with Crippen molar-refractivity contribution in [3.05, 3.63) is 33.9 Å². The normalized spacial score (nSPS) is 29.7. The monoisotopic (exact) mass is 264 g/mol. The van der Waals surface area contributed by atoms with Gasteiger partial charge in [0.15, 0.2) is 0 Å². The van der Waals surface area contributed by atoms with Crippen LogP contribution in [0.1, 0.15) is 32.3 Å². The Morgan fingerprint density at radius 3 is 2.79 bits per heavy atom. The van der Waals surface area contributed by atoms with Crippen LogP contribution in [0, 0.1) is 22.5 Å². The molecule has 0 aromatic heterocycles. The molecule has 0 spiro atoms. The predicted molar refractivity (Wildman–Crippen MR) is 73.2 cm³/mol. The number of nitro groups is 1. The van der Waals surface area contributed by atoms with Gasteiger partial charge in [0.2, 0.25) is 0 Å². The van der Waals surface area contributed by atoms with Crippen molar-refractivity contribution in [2.75, 3.05) is 0 Å². The van der Waals surface area contributed by atoms with Crippen molar-refractivity contribution in [1.82, 2.24) is 0 Å². The molecule has 1 aliphatic rings. The van der Waals surface area contributed by atoms with Gasteiger partial charge in [-0.2, -0.15) is 0 Å². The van der Waals surface area contributed by atoms with Crippen molar-refractivity contribution in [1.29, 1.82) is 0 Å². The summed E-state index contributed by atoms with van der Waals surface area (Å²) in [5.41, 5.74) is 6.67. The molecule has 5 heteroatoms. The van der Waals surface area contributed by atoms with Crippen LogP contribution in [-0.2, 0) is 0 Å². The lowest BCUT2D eigenvalue weighted by atomic mass is 9.62. The van der Waals surface area contributed by atoms with Gasteiger partial charge in [-0.25, -0.2) is 0 Å². The smallest absolute Gasteiger partial charge is 0.276 e. The lowest BCUT2D eigenvalue weighted by Gasteiger charge is -2.51. The topological polar surface area (TPSA) is 78.4 Å². The minimum absolute atomic E-state index is 0.0354. The maximum atomic E-state index is 10.9. The SMILES string of the molecule is CCC1(C)C(N)CC1Oc1cccc([N+](=O)[O-])c1C. The molecule has 19 heavy (non-hydrogen) atoms. The van der Waals surface area contributed by atoms with Crippen LogP contribution in [0.3, 0.4) is 0 Å². The lowest BCUT2D eigenvalue weighted by Crippen LogP contribution is -2.61. The predicted octanol–water partition coefficient (Wildman–Crippen LogP) is 2.80. The van der Waals surface area contributed by atoms with Crippen LogP contribution in [0.5, 0.6) is 5.75 Å². The molecule has 2 N–H and O–H groups in total. The van der Waals surface area contributed by atoms with Crippen LogP contribution in [0.4, 0.5) is 5.69 Å². The van der Waals surface area contributed by atoms with E-state index in [1.807, 2.05) is 0 Å². The van der Waals surface area contributed by atoms with E-state index < -0.39 is 0 Å². The molecule has 1 aromatic carbocycles. The van der Waals surface area contributed by atoms with Crippen molar-refractivity contribution >= 4 is 5.69 Å². The Hall–Kier alpha value is -1.62. The van der Waals surface area contributed by atoms with Gasteiger partial charge in [-0.1, -0.05) is 19.9 Å². The van der Waals surface area contributed by atoms with Crippen molar-refractivity contribution in [2.45, 2.75) is 45.8 Å². The Morgan fingerprint density at radius 2 is 2.26 bits per heavy atom. The first kappa shape index (κ1) is 13.8. The number of ether oxygens (including phenoxy) is 1. The van der Waals surface area contributed by atoms with Crippen LogP contribution in [0.25, 0.3) is 0 Å². The molecule has 0 aliphatic heterocycles. The van der Waals surface area contributed by atoms with Crippen LogP contribution < -0.4 is 10.5 Å². The Bertz CT molecular complexity index is 503. The van der Waals surface area contributed by atoms with Crippen LogP contribution >= 0.6 is 0 Å². The second-order valence-corrected chi connectivity index (χ2v) is 5.47. The molecule has 0 radical (unpaired) electrons. The summed E-state index contributed by atoms with van der Waals surface area (Å²) in [4.78, 5) is 10.5. The van der Waals surface area contributed by atoms with E-state index >= 15 is 0 Å². The molecule has 1 aromatic rings. The van der Waals surface area contributed by atoms with Gasteiger partial charge < -0.3 is 10.5 Å². The Balaban J connectivity index is 2.21. The van der Waals surface area contributed by atoms with E-state index in [4.69, 9.17) is 10.5 Å². The second kappa shape index (κ2) is 4.81. The summed E-state index contributed by atoms with van der Waals surface area (Å²) in [6, 6.07) is 5.07. The minimum atomic E-state index is -0.381. The third-order valence-electron chi connectivity index (χ3n) is 4.53. The molecule has 2 rings (SSSR count). The van der Waals surface area contributed by atoms with E-state index in [1.165, 1.54) is 6.07 Å². The van der Waals surface area contributed by atoms with Gasteiger partial charge in [-0.15, -0.1) is 0 Å². The molecule has 0 heterocycles. The van der Waals surface area contributed by atoms with Gasteiger partial charge in [0.05, 0.1) is 10.5 Å². The highest BCUT2D eigenvalue weighted by molar-refractivity contribution is 5.48. The van der Waals surface area contributed by atoms with E-state index in [9.17, 15) is 10.1 Å². The molecular formula is C14H20N2O3. The molecule has 1 aliphatic carbocycles. The quantitative estimate of drug-likeness (QED) is 0.670. The van der Waals surface area contributed by atoms with Gasteiger partial charge >= 0.3 is 0 Å². The van der Waals surface area contributed by atoms with Gasteiger partial charge in [0, 0.05) is 23.9 Å². The number of nitro benzene ring substituents is 1. The van der Waals surface area contributed by atoms with Gasteiger partial charge in [0.1, 0.15) is 11.9 Å². The van der Waals surface area contributed by atoms with Crippen molar-refractivity contribution in [3.63, 3.8) is 0 Å². The number of hydrogen-bond donors (Lipinski definition) is 1. The molecule has 3 unspecified atom stereocenters. The van der Waals surface area contributed by atoms with Gasteiger partial charge in [-0.3, -0.25) is 10.1 Å². The van der Waals surface area contributed by atoms with Crippen molar-refractivity contribution < 1.29 is 9.66 Å². The van der Waals surface area contributed by atoms with E-state index in [-0.39, 0.29) is 28.2 Å². The standard InChI is InChI=1S/C14H20N2O3/c1-4-14(3)12(15)8-13(14)19-11-7-5-6-10(9(11)2)16(17)18/h5-7,12-13H,4,8,15H2,1-3H3. The van der Waals surface area contributed by atoms with E-state index in [2.05, 4.69) is 13.8 Å². The molecule has 104 valence electrons. The largest absolute Gasteiger partial charge is 0.489 e.